The van der Waals surface area contributed by atoms with Crippen LogP contribution in [-0.4, -0.2) is 30.9 Å². The number of alkyl halides is 1. The molecular formula is C25H28FN7O. The van der Waals surface area contributed by atoms with Gasteiger partial charge in [-0.3, -0.25) is 4.79 Å². The number of anilines is 2. The van der Waals surface area contributed by atoms with E-state index >= 15 is 0 Å². The van der Waals surface area contributed by atoms with Crippen LogP contribution in [0.15, 0.2) is 47.4 Å². The zero-order chi connectivity index (χ0) is 24.0. The Morgan fingerprint density at radius 2 is 1.94 bits per heavy atom. The highest BCUT2D eigenvalue weighted by atomic mass is 19.1. The molecule has 1 aliphatic heterocycles. The fourth-order valence-electron chi connectivity index (χ4n) is 4.30. The Labute approximate surface area is 196 Å². The van der Waals surface area contributed by atoms with Crippen LogP contribution in [0.5, 0.6) is 0 Å². The van der Waals surface area contributed by atoms with Crippen molar-refractivity contribution in [2.75, 3.05) is 11.9 Å². The van der Waals surface area contributed by atoms with Gasteiger partial charge in [0.15, 0.2) is 23.0 Å². The van der Waals surface area contributed by atoms with E-state index in [-0.39, 0.29) is 17.4 Å². The van der Waals surface area contributed by atoms with Gasteiger partial charge in [-0.15, -0.1) is 0 Å². The predicted octanol–water partition coefficient (Wildman–Crippen LogP) is 4.15. The van der Waals surface area contributed by atoms with Gasteiger partial charge in [0.2, 0.25) is 0 Å². The zero-order valence-corrected chi connectivity index (χ0v) is 19.8. The molecule has 176 valence electrons. The summed E-state index contributed by atoms with van der Waals surface area (Å²) in [4.78, 5) is 26.5. The first-order valence-electron chi connectivity index (χ1n) is 11.5. The van der Waals surface area contributed by atoms with E-state index in [0.29, 0.717) is 22.7 Å². The van der Waals surface area contributed by atoms with Crippen molar-refractivity contribution in [3.8, 4) is 5.82 Å². The van der Waals surface area contributed by atoms with E-state index in [0.717, 1.165) is 25.2 Å². The van der Waals surface area contributed by atoms with E-state index in [4.69, 9.17) is 4.98 Å². The number of fused-ring (bicyclic) bond motifs is 2. The molecule has 0 aliphatic carbocycles. The molecule has 0 radical (unpaired) electrons. The maximum absolute atomic E-state index is 14.6. The molecule has 8 nitrogen and oxygen atoms in total. The Bertz CT molecular complexity index is 1430. The molecule has 0 bridgehead atoms. The number of halogens is 1. The summed E-state index contributed by atoms with van der Waals surface area (Å²) >= 11 is 0. The molecule has 2 N–H and O–H groups in total. The molecule has 0 saturated heterocycles. The lowest BCUT2D eigenvalue weighted by molar-refractivity contribution is 0.206. The lowest BCUT2D eigenvalue weighted by Crippen LogP contribution is -2.25. The van der Waals surface area contributed by atoms with E-state index in [9.17, 15) is 9.18 Å². The fourth-order valence-corrected chi connectivity index (χ4v) is 4.30. The molecule has 5 rings (SSSR count). The van der Waals surface area contributed by atoms with Gasteiger partial charge in [0.1, 0.15) is 5.82 Å². The third kappa shape index (κ3) is 3.96. The van der Waals surface area contributed by atoms with Crippen LogP contribution in [0.3, 0.4) is 0 Å². The van der Waals surface area contributed by atoms with Gasteiger partial charge in [-0.1, -0.05) is 6.07 Å². The molecule has 4 heterocycles. The van der Waals surface area contributed by atoms with Crippen molar-refractivity contribution in [1.82, 2.24) is 29.6 Å². The van der Waals surface area contributed by atoms with Gasteiger partial charge in [0.05, 0.1) is 5.39 Å². The van der Waals surface area contributed by atoms with E-state index in [2.05, 4.69) is 32.7 Å². The second kappa shape index (κ2) is 8.32. The molecule has 0 amide bonds. The van der Waals surface area contributed by atoms with Crippen LogP contribution in [0.25, 0.3) is 16.9 Å². The quantitative estimate of drug-likeness (QED) is 0.464. The molecule has 34 heavy (non-hydrogen) atoms. The van der Waals surface area contributed by atoms with Crippen molar-refractivity contribution in [3.63, 3.8) is 0 Å². The van der Waals surface area contributed by atoms with Gasteiger partial charge in [-0.25, -0.2) is 28.7 Å². The molecular weight excluding hydrogens is 433 g/mol. The number of pyridine rings is 1. The number of nitrogens with zero attached hydrogens (tertiary/aromatic N) is 5. The number of hydrogen-bond acceptors (Lipinski definition) is 6. The summed E-state index contributed by atoms with van der Waals surface area (Å²) in [5, 5.41) is 7.22. The van der Waals surface area contributed by atoms with Crippen molar-refractivity contribution in [3.05, 3.63) is 69.9 Å². The van der Waals surface area contributed by atoms with Crippen LogP contribution in [0.1, 0.15) is 50.7 Å². The lowest BCUT2D eigenvalue weighted by Gasteiger charge is -2.18. The second-order valence-corrected chi connectivity index (χ2v) is 9.37. The number of aromatic nitrogens is 5. The van der Waals surface area contributed by atoms with Crippen molar-refractivity contribution in [2.24, 2.45) is 0 Å². The summed E-state index contributed by atoms with van der Waals surface area (Å²) in [5.74, 6) is 1.05. The Morgan fingerprint density at radius 3 is 2.71 bits per heavy atom. The van der Waals surface area contributed by atoms with Crippen molar-refractivity contribution in [1.29, 1.82) is 0 Å². The predicted molar refractivity (Wildman–Crippen MR) is 131 cm³/mol. The van der Waals surface area contributed by atoms with Gasteiger partial charge < -0.3 is 10.6 Å². The minimum absolute atomic E-state index is 0.0485. The van der Waals surface area contributed by atoms with Crippen LogP contribution >= 0.6 is 0 Å². The number of benzene rings is 1. The number of hydrogen-bond donors (Lipinski definition) is 2. The van der Waals surface area contributed by atoms with E-state index in [1.807, 2.05) is 19.9 Å². The minimum Gasteiger partial charge on any atom is -0.340 e. The largest absolute Gasteiger partial charge is 0.340 e. The Morgan fingerprint density at radius 1 is 1.12 bits per heavy atom. The molecule has 0 saturated carbocycles. The third-order valence-electron chi connectivity index (χ3n) is 5.97. The van der Waals surface area contributed by atoms with Crippen molar-refractivity contribution in [2.45, 2.75) is 52.4 Å². The third-order valence-corrected chi connectivity index (χ3v) is 5.97. The first-order chi connectivity index (χ1) is 16.2. The highest BCUT2D eigenvalue weighted by molar-refractivity contribution is 5.79. The first kappa shape index (κ1) is 22.2. The average molecular weight is 462 g/mol. The number of rotatable bonds is 5. The van der Waals surface area contributed by atoms with Gasteiger partial charge in [-0.2, -0.15) is 0 Å². The molecule has 0 atom stereocenters. The molecule has 1 aliphatic rings. The minimum atomic E-state index is -1.72. The Balaban J connectivity index is 1.63. The van der Waals surface area contributed by atoms with Gasteiger partial charge in [0.25, 0.3) is 5.56 Å². The topological polar surface area (TPSA) is 89.7 Å². The van der Waals surface area contributed by atoms with Gasteiger partial charge in [0, 0.05) is 30.5 Å². The standard InChI is InChI=1S/C25H28FN7O/c1-15(2)32-23(34)19-7-8-20(29-18-6-5-17-14-27-11-9-16(17)13-18)30-22(19)33(32)21-10-12-28-24(31-21)25(3,4)26/h5-8,10,12-13,15,27H,9,11,14H2,1-4H3,(H,29,30). The fraction of sp³-hybridized carbons (Fsp3) is 0.360. The second-order valence-electron chi connectivity index (χ2n) is 9.37. The molecule has 3 aromatic heterocycles. The van der Waals surface area contributed by atoms with Crippen LogP contribution in [0, 0.1) is 0 Å². The lowest BCUT2D eigenvalue weighted by atomic mass is 10.0. The van der Waals surface area contributed by atoms with Crippen molar-refractivity contribution < 1.29 is 4.39 Å². The zero-order valence-electron chi connectivity index (χ0n) is 19.8. The van der Waals surface area contributed by atoms with Crippen LogP contribution < -0.4 is 16.2 Å². The van der Waals surface area contributed by atoms with Crippen LogP contribution in [-0.2, 0) is 18.6 Å². The van der Waals surface area contributed by atoms with Crippen molar-refractivity contribution >= 4 is 22.5 Å². The van der Waals surface area contributed by atoms with Gasteiger partial charge in [-0.05, 0) is 76.1 Å². The van der Waals surface area contributed by atoms with E-state index < -0.39 is 5.67 Å². The Kier molecular flexibility index (Phi) is 5.44. The SMILES string of the molecule is CC(C)n1c(=O)c2ccc(Nc3ccc4c(c3)CCNC4)nc2n1-c1ccnc(C(C)(C)F)n1. The smallest absolute Gasteiger partial charge is 0.276 e. The Hall–Kier alpha value is -3.59. The molecule has 1 aromatic carbocycles. The van der Waals surface area contributed by atoms with Crippen LogP contribution in [0.4, 0.5) is 15.9 Å². The van der Waals surface area contributed by atoms with Gasteiger partial charge >= 0.3 is 0 Å². The van der Waals surface area contributed by atoms with E-state index in [1.54, 1.807) is 27.6 Å². The number of nitrogens with one attached hydrogen (secondary N) is 2. The van der Waals surface area contributed by atoms with E-state index in [1.165, 1.54) is 31.2 Å². The maximum atomic E-state index is 14.6. The molecule has 4 aromatic rings. The molecule has 0 spiro atoms. The maximum Gasteiger partial charge on any atom is 0.276 e. The summed E-state index contributed by atoms with van der Waals surface area (Å²) < 4.78 is 17.8. The monoisotopic (exact) mass is 461 g/mol. The summed E-state index contributed by atoms with van der Waals surface area (Å²) in [6, 6.07) is 11.4. The summed E-state index contributed by atoms with van der Waals surface area (Å²) in [6.07, 6.45) is 2.49. The summed E-state index contributed by atoms with van der Waals surface area (Å²) in [6.45, 7) is 8.49. The first-order valence-corrected chi connectivity index (χ1v) is 11.5. The average Bonchev–Trinajstić information content (AvgIpc) is 3.10. The highest BCUT2D eigenvalue weighted by Gasteiger charge is 2.25. The normalized spacial score (nSPS) is 13.9. The molecule has 9 heteroatoms. The molecule has 0 unspecified atom stereocenters. The highest BCUT2D eigenvalue weighted by Crippen LogP contribution is 2.26. The summed E-state index contributed by atoms with van der Waals surface area (Å²) in [7, 11) is 0. The van der Waals surface area contributed by atoms with Crippen LogP contribution in [0.2, 0.25) is 0 Å². The summed E-state index contributed by atoms with van der Waals surface area (Å²) in [5.41, 5.74) is 2.11. The molecule has 0 fully saturated rings.